The zero-order valence-electron chi connectivity index (χ0n) is 18.8. The van der Waals surface area contributed by atoms with Crippen LogP contribution < -0.4 is 10.1 Å². The van der Waals surface area contributed by atoms with Crippen LogP contribution in [0.3, 0.4) is 0 Å². The fourth-order valence-corrected chi connectivity index (χ4v) is 4.50. The topological polar surface area (TPSA) is 103 Å². The van der Waals surface area contributed by atoms with E-state index in [4.69, 9.17) is 9.84 Å². The first-order valence-electron chi connectivity index (χ1n) is 11.1. The number of carboxylic acids is 1. The van der Waals surface area contributed by atoms with Crippen molar-refractivity contribution in [3.05, 3.63) is 64.7 Å². The lowest BCUT2D eigenvalue weighted by Crippen LogP contribution is -2.46. The van der Waals surface area contributed by atoms with Gasteiger partial charge in [0.05, 0.1) is 5.56 Å². The summed E-state index contributed by atoms with van der Waals surface area (Å²) in [6.07, 6.45) is 2.66. The first kappa shape index (κ1) is 23.8. The molecule has 1 aliphatic rings. The third-order valence-electron chi connectivity index (χ3n) is 6.00. The molecule has 0 amide bonds. The van der Waals surface area contributed by atoms with Gasteiger partial charge in [-0.15, -0.1) is 0 Å². The maximum absolute atomic E-state index is 10.9. The van der Waals surface area contributed by atoms with Crippen molar-refractivity contribution in [1.82, 2.24) is 5.32 Å². The van der Waals surface area contributed by atoms with Crippen LogP contribution in [0.1, 0.15) is 48.9 Å². The van der Waals surface area contributed by atoms with Crippen LogP contribution in [-0.4, -0.2) is 41.0 Å². The van der Waals surface area contributed by atoms with Gasteiger partial charge in [0.25, 0.3) is 0 Å². The molecule has 0 aliphatic heterocycles. The number of benzene rings is 2. The molecule has 0 saturated carbocycles. The first-order valence-corrected chi connectivity index (χ1v) is 11.1. The summed E-state index contributed by atoms with van der Waals surface area (Å²) in [5.41, 5.74) is 3.75. The molecule has 170 valence electrons. The van der Waals surface area contributed by atoms with Crippen molar-refractivity contribution < 1.29 is 19.7 Å². The smallest absolute Gasteiger partial charge is 0.303 e. The summed E-state index contributed by atoms with van der Waals surface area (Å²) in [6, 6.07) is 15.8. The summed E-state index contributed by atoms with van der Waals surface area (Å²) >= 11 is 0. The summed E-state index contributed by atoms with van der Waals surface area (Å²) in [7, 11) is 0. The second-order valence-electron chi connectivity index (χ2n) is 9.28. The molecular weight excluding hydrogens is 404 g/mol. The van der Waals surface area contributed by atoms with E-state index < -0.39 is 12.1 Å². The maximum atomic E-state index is 10.9. The van der Waals surface area contributed by atoms with Crippen LogP contribution in [0.15, 0.2) is 42.5 Å². The third kappa shape index (κ3) is 6.56. The highest BCUT2D eigenvalue weighted by Crippen LogP contribution is 2.32. The number of aliphatic carboxylic acids is 1. The fourth-order valence-electron chi connectivity index (χ4n) is 4.50. The van der Waals surface area contributed by atoms with Crippen LogP contribution in [0, 0.1) is 17.2 Å². The standard InChI is InChI=1S/C26H32N2O4/c1-26(2,14-18-12-20-6-3-4-7-21(20)13-18)28-16-23(29)17-32-25-19(10-11-24(30)31)8-5-9-22(25)15-27/h3-9,18,23,28-29H,10-14,16-17H2,1-2H3,(H,30,31)/t23-/m0/s1. The van der Waals surface area contributed by atoms with Gasteiger partial charge >= 0.3 is 5.97 Å². The molecule has 0 saturated heterocycles. The summed E-state index contributed by atoms with van der Waals surface area (Å²) in [5, 5.41) is 32.3. The molecule has 3 rings (SSSR count). The zero-order chi connectivity index (χ0) is 23.1. The molecule has 0 spiro atoms. The van der Waals surface area contributed by atoms with Crippen LogP contribution in [0.5, 0.6) is 5.75 Å². The lowest BCUT2D eigenvalue weighted by molar-refractivity contribution is -0.136. The number of nitrogens with zero attached hydrogens (tertiary/aromatic N) is 1. The Morgan fingerprint density at radius 3 is 2.53 bits per heavy atom. The molecule has 3 N–H and O–H groups in total. The van der Waals surface area contributed by atoms with Gasteiger partial charge in [0.1, 0.15) is 24.5 Å². The molecule has 32 heavy (non-hydrogen) atoms. The number of hydrogen-bond acceptors (Lipinski definition) is 5. The number of nitrogens with one attached hydrogen (secondary N) is 1. The number of carbonyl (C=O) groups is 1. The molecular formula is C26H32N2O4. The number of nitriles is 1. The normalized spacial score (nSPS) is 14.6. The van der Waals surface area contributed by atoms with E-state index in [2.05, 4.69) is 49.5 Å². The molecule has 2 aromatic carbocycles. The molecule has 2 aromatic rings. The molecule has 0 heterocycles. The fraction of sp³-hybridized carbons (Fsp3) is 0.462. The van der Waals surface area contributed by atoms with Crippen LogP contribution in [0.2, 0.25) is 0 Å². The van der Waals surface area contributed by atoms with Crippen molar-refractivity contribution in [1.29, 1.82) is 5.26 Å². The van der Waals surface area contributed by atoms with Crippen molar-refractivity contribution in [3.63, 3.8) is 0 Å². The van der Waals surface area contributed by atoms with Gasteiger partial charge in [-0.2, -0.15) is 5.26 Å². The van der Waals surface area contributed by atoms with Crippen molar-refractivity contribution in [2.75, 3.05) is 13.2 Å². The van der Waals surface area contributed by atoms with Gasteiger partial charge in [-0.3, -0.25) is 4.79 Å². The molecule has 1 aliphatic carbocycles. The highest BCUT2D eigenvalue weighted by atomic mass is 16.5. The number of para-hydroxylation sites is 1. The molecule has 0 bridgehead atoms. The summed E-state index contributed by atoms with van der Waals surface area (Å²) in [5.74, 6) is 0.0380. The van der Waals surface area contributed by atoms with E-state index in [9.17, 15) is 15.2 Å². The number of aliphatic hydroxyl groups is 1. The van der Waals surface area contributed by atoms with Crippen LogP contribution in [-0.2, 0) is 24.1 Å². The Morgan fingerprint density at radius 1 is 1.22 bits per heavy atom. The van der Waals surface area contributed by atoms with Crippen LogP contribution in [0.25, 0.3) is 0 Å². The number of fused-ring (bicyclic) bond motifs is 1. The van der Waals surface area contributed by atoms with Crippen LogP contribution >= 0.6 is 0 Å². The lowest BCUT2D eigenvalue weighted by atomic mass is 9.88. The molecule has 0 fully saturated rings. The minimum absolute atomic E-state index is 0.0245. The Morgan fingerprint density at radius 2 is 1.91 bits per heavy atom. The van der Waals surface area contributed by atoms with Crippen LogP contribution in [0.4, 0.5) is 0 Å². The second-order valence-corrected chi connectivity index (χ2v) is 9.28. The number of rotatable bonds is 11. The van der Waals surface area contributed by atoms with Gasteiger partial charge in [0.15, 0.2) is 0 Å². The first-order chi connectivity index (χ1) is 15.3. The SMILES string of the molecule is CC(C)(CC1Cc2ccccc2C1)NC[C@H](O)COc1c(C#N)cccc1CCC(=O)O. The van der Waals surface area contributed by atoms with E-state index in [1.807, 2.05) is 0 Å². The number of ether oxygens (including phenoxy) is 1. The maximum Gasteiger partial charge on any atom is 0.303 e. The summed E-state index contributed by atoms with van der Waals surface area (Å²) in [6.45, 7) is 4.69. The molecule has 0 aromatic heterocycles. The van der Waals surface area contributed by atoms with Gasteiger partial charge in [-0.25, -0.2) is 0 Å². The Balaban J connectivity index is 1.50. The van der Waals surface area contributed by atoms with Crippen molar-refractivity contribution in [2.24, 2.45) is 5.92 Å². The van der Waals surface area contributed by atoms with Gasteiger partial charge < -0.3 is 20.3 Å². The second kappa shape index (κ2) is 10.6. The molecule has 1 atom stereocenters. The van der Waals surface area contributed by atoms with Gasteiger partial charge in [0, 0.05) is 18.5 Å². The molecule has 6 heteroatoms. The molecule has 6 nitrogen and oxygen atoms in total. The lowest BCUT2D eigenvalue weighted by Gasteiger charge is -2.30. The van der Waals surface area contributed by atoms with E-state index in [1.54, 1.807) is 18.2 Å². The minimum atomic E-state index is -0.907. The van der Waals surface area contributed by atoms with Gasteiger partial charge in [-0.1, -0.05) is 36.4 Å². The highest BCUT2D eigenvalue weighted by molar-refractivity contribution is 5.67. The Hall–Kier alpha value is -2.88. The van der Waals surface area contributed by atoms with E-state index in [0.717, 1.165) is 19.3 Å². The third-order valence-corrected chi connectivity index (χ3v) is 6.00. The molecule has 0 radical (unpaired) electrons. The minimum Gasteiger partial charge on any atom is -0.489 e. The predicted octanol–water partition coefficient (Wildman–Crippen LogP) is 3.49. The largest absolute Gasteiger partial charge is 0.489 e. The van der Waals surface area contributed by atoms with Crippen molar-refractivity contribution in [2.45, 2.75) is 57.6 Å². The number of aliphatic hydroxyl groups excluding tert-OH is 1. The monoisotopic (exact) mass is 436 g/mol. The highest BCUT2D eigenvalue weighted by Gasteiger charge is 2.28. The number of β-amino-alcohol motifs (C(OH)–C–C–N with tert-alkyl or cyclic N) is 1. The Bertz CT molecular complexity index is 955. The van der Waals surface area contributed by atoms with E-state index >= 15 is 0 Å². The average Bonchev–Trinajstić information content (AvgIpc) is 3.16. The van der Waals surface area contributed by atoms with Gasteiger partial charge in [-0.05, 0) is 68.2 Å². The predicted molar refractivity (Wildman–Crippen MR) is 123 cm³/mol. The summed E-state index contributed by atoms with van der Waals surface area (Å²) < 4.78 is 5.79. The van der Waals surface area contributed by atoms with Crippen molar-refractivity contribution in [3.8, 4) is 11.8 Å². The summed E-state index contributed by atoms with van der Waals surface area (Å²) in [4.78, 5) is 10.9. The Labute approximate surface area is 189 Å². The van der Waals surface area contributed by atoms with E-state index in [1.165, 1.54) is 11.1 Å². The Kier molecular flexibility index (Phi) is 7.89. The average molecular weight is 437 g/mol. The van der Waals surface area contributed by atoms with Crippen molar-refractivity contribution >= 4 is 5.97 Å². The van der Waals surface area contributed by atoms with E-state index in [0.29, 0.717) is 29.3 Å². The number of carboxylic acid groups (broad SMARTS) is 1. The number of aryl methyl sites for hydroxylation is 1. The molecule has 0 unspecified atom stereocenters. The quantitative estimate of drug-likeness (QED) is 0.498. The van der Waals surface area contributed by atoms with E-state index in [-0.39, 0.29) is 25.0 Å². The van der Waals surface area contributed by atoms with Gasteiger partial charge in [0.2, 0.25) is 0 Å². The zero-order valence-corrected chi connectivity index (χ0v) is 18.8. The number of hydrogen-bond donors (Lipinski definition) is 3.